The second kappa shape index (κ2) is 7.11. The molecular weight excluding hydrogens is 302 g/mol. The molecule has 0 bridgehead atoms. The van der Waals surface area contributed by atoms with Gasteiger partial charge in [-0.3, -0.25) is 4.79 Å². The molecule has 2 atom stereocenters. The lowest BCUT2D eigenvalue weighted by atomic mass is 9.80. The van der Waals surface area contributed by atoms with Gasteiger partial charge in [-0.05, 0) is 32.4 Å². The summed E-state index contributed by atoms with van der Waals surface area (Å²) in [4.78, 5) is 14.8. The number of likely N-dealkylation sites (tertiary alicyclic amines) is 1. The fraction of sp³-hybridized carbons (Fsp3) is 0.632. The van der Waals surface area contributed by atoms with Crippen LogP contribution < -0.4 is 15.8 Å². The molecule has 2 aliphatic heterocycles. The van der Waals surface area contributed by atoms with Gasteiger partial charge in [0, 0.05) is 25.1 Å². The molecule has 1 aromatic rings. The second-order valence-electron chi connectivity index (χ2n) is 7.29. The molecule has 3 rings (SSSR count). The van der Waals surface area contributed by atoms with Gasteiger partial charge in [-0.25, -0.2) is 0 Å². The van der Waals surface area contributed by atoms with E-state index in [4.69, 9.17) is 10.5 Å². The number of rotatable bonds is 4. The third kappa shape index (κ3) is 3.57. The summed E-state index contributed by atoms with van der Waals surface area (Å²) in [6.45, 7) is 4.10. The van der Waals surface area contributed by atoms with Gasteiger partial charge < -0.3 is 20.7 Å². The smallest absolute Gasteiger partial charge is 0.237 e. The Balaban J connectivity index is 1.80. The Kier molecular flexibility index (Phi) is 5.11. The lowest BCUT2D eigenvalue weighted by Crippen LogP contribution is -2.52. The van der Waals surface area contributed by atoms with E-state index in [0.717, 1.165) is 50.1 Å². The van der Waals surface area contributed by atoms with E-state index in [1.165, 1.54) is 0 Å². The Bertz CT molecular complexity index is 582. The zero-order chi connectivity index (χ0) is 17.2. The summed E-state index contributed by atoms with van der Waals surface area (Å²) in [5.74, 6) is 0.851. The number of benzene rings is 1. The summed E-state index contributed by atoms with van der Waals surface area (Å²) in [7, 11) is 2.15. The normalized spacial score (nSPS) is 24.0. The van der Waals surface area contributed by atoms with Crippen LogP contribution in [0.3, 0.4) is 0 Å². The molecule has 1 amide bonds. The zero-order valence-corrected chi connectivity index (χ0v) is 14.8. The molecule has 1 spiro atoms. The fourth-order valence-electron chi connectivity index (χ4n) is 3.80. The first-order valence-electron chi connectivity index (χ1n) is 9.05. The van der Waals surface area contributed by atoms with Crippen molar-refractivity contribution in [2.45, 2.75) is 56.7 Å². The summed E-state index contributed by atoms with van der Waals surface area (Å²) >= 11 is 0. The number of nitrogens with two attached hydrogens (primary N) is 1. The standard InChI is InChI=1S/C19H29N3O2/c1-3-6-15(20)18(23)21-16-13-19(9-11-22(2)12-10-19)24-17-8-5-4-7-14(16)17/h4-5,7-8,15-16H,3,6,9-13,20H2,1-2H3,(H,21,23). The SMILES string of the molecule is CCCC(N)C(=O)NC1CC2(CCN(C)CC2)Oc2ccccc21. The van der Waals surface area contributed by atoms with Crippen molar-refractivity contribution < 1.29 is 9.53 Å². The molecule has 132 valence electrons. The van der Waals surface area contributed by atoms with Crippen LogP contribution in [0.5, 0.6) is 5.75 Å². The maximum atomic E-state index is 12.4. The highest BCUT2D eigenvalue weighted by Gasteiger charge is 2.43. The molecule has 3 N–H and O–H groups in total. The number of ether oxygens (including phenoxy) is 1. The topological polar surface area (TPSA) is 67.6 Å². The van der Waals surface area contributed by atoms with Crippen LogP contribution in [0.25, 0.3) is 0 Å². The Morgan fingerprint density at radius 2 is 2.12 bits per heavy atom. The molecule has 5 nitrogen and oxygen atoms in total. The summed E-state index contributed by atoms with van der Waals surface area (Å²) in [5.41, 5.74) is 6.90. The average molecular weight is 331 g/mol. The van der Waals surface area contributed by atoms with Crippen molar-refractivity contribution in [3.05, 3.63) is 29.8 Å². The van der Waals surface area contributed by atoms with E-state index in [2.05, 4.69) is 17.3 Å². The molecule has 0 aliphatic carbocycles. The molecule has 1 saturated heterocycles. The number of amides is 1. The summed E-state index contributed by atoms with van der Waals surface area (Å²) in [6.07, 6.45) is 4.43. The van der Waals surface area contributed by atoms with Gasteiger partial charge in [0.1, 0.15) is 11.4 Å². The van der Waals surface area contributed by atoms with E-state index in [1.54, 1.807) is 0 Å². The molecule has 2 unspecified atom stereocenters. The average Bonchev–Trinajstić information content (AvgIpc) is 2.58. The third-order valence-electron chi connectivity index (χ3n) is 5.35. The van der Waals surface area contributed by atoms with Crippen LogP contribution in [0, 0.1) is 0 Å². The third-order valence-corrected chi connectivity index (χ3v) is 5.35. The van der Waals surface area contributed by atoms with E-state index in [1.807, 2.05) is 31.2 Å². The molecule has 0 aromatic heterocycles. The van der Waals surface area contributed by atoms with Crippen LogP contribution in [0.2, 0.25) is 0 Å². The summed E-state index contributed by atoms with van der Waals surface area (Å²) < 4.78 is 6.42. The summed E-state index contributed by atoms with van der Waals surface area (Å²) in [5, 5.41) is 3.18. The number of carbonyl (C=O) groups excluding carboxylic acids is 1. The zero-order valence-electron chi connectivity index (χ0n) is 14.8. The molecule has 0 radical (unpaired) electrons. The van der Waals surface area contributed by atoms with Crippen molar-refractivity contribution in [1.29, 1.82) is 0 Å². The Hall–Kier alpha value is -1.59. The van der Waals surface area contributed by atoms with Gasteiger partial charge in [-0.2, -0.15) is 0 Å². The maximum absolute atomic E-state index is 12.4. The van der Waals surface area contributed by atoms with E-state index in [9.17, 15) is 4.79 Å². The van der Waals surface area contributed by atoms with Crippen LogP contribution in [0.1, 0.15) is 50.6 Å². The predicted octanol–water partition coefficient (Wildman–Crippen LogP) is 2.22. The Morgan fingerprint density at radius 1 is 1.42 bits per heavy atom. The lowest BCUT2D eigenvalue weighted by molar-refractivity contribution is -0.124. The van der Waals surface area contributed by atoms with Gasteiger partial charge in [0.25, 0.3) is 0 Å². The van der Waals surface area contributed by atoms with Gasteiger partial charge in [-0.15, -0.1) is 0 Å². The first kappa shape index (κ1) is 17.2. The number of hydrogen-bond donors (Lipinski definition) is 2. The predicted molar refractivity (Wildman–Crippen MR) is 94.9 cm³/mol. The van der Waals surface area contributed by atoms with Crippen molar-refractivity contribution >= 4 is 5.91 Å². The minimum Gasteiger partial charge on any atom is -0.487 e. The minimum atomic E-state index is -0.432. The summed E-state index contributed by atoms with van der Waals surface area (Å²) in [6, 6.07) is 7.61. The van der Waals surface area contributed by atoms with Crippen LogP contribution in [-0.4, -0.2) is 42.6 Å². The highest BCUT2D eigenvalue weighted by atomic mass is 16.5. The second-order valence-corrected chi connectivity index (χ2v) is 7.29. The first-order valence-corrected chi connectivity index (χ1v) is 9.05. The molecule has 1 fully saturated rings. The number of para-hydroxylation sites is 1. The number of piperidine rings is 1. The number of nitrogens with zero attached hydrogens (tertiary/aromatic N) is 1. The molecule has 2 heterocycles. The number of hydrogen-bond acceptors (Lipinski definition) is 4. The van der Waals surface area contributed by atoms with E-state index in [0.29, 0.717) is 6.42 Å². The largest absolute Gasteiger partial charge is 0.487 e. The van der Waals surface area contributed by atoms with E-state index in [-0.39, 0.29) is 17.6 Å². The van der Waals surface area contributed by atoms with Gasteiger partial charge in [0.05, 0.1) is 12.1 Å². The monoisotopic (exact) mass is 331 g/mol. The van der Waals surface area contributed by atoms with Crippen molar-refractivity contribution in [1.82, 2.24) is 10.2 Å². The highest BCUT2D eigenvalue weighted by Crippen LogP contribution is 2.44. The minimum absolute atomic E-state index is 0.0197. The number of nitrogens with one attached hydrogen (secondary N) is 1. The molecule has 1 aromatic carbocycles. The molecule has 0 saturated carbocycles. The van der Waals surface area contributed by atoms with E-state index < -0.39 is 6.04 Å². The molecule has 2 aliphatic rings. The fourth-order valence-corrected chi connectivity index (χ4v) is 3.80. The highest BCUT2D eigenvalue weighted by molar-refractivity contribution is 5.82. The van der Waals surface area contributed by atoms with Crippen molar-refractivity contribution in [2.75, 3.05) is 20.1 Å². The molecule has 5 heteroatoms. The van der Waals surface area contributed by atoms with Crippen LogP contribution in [0.15, 0.2) is 24.3 Å². The molecular formula is C19H29N3O2. The molecule has 24 heavy (non-hydrogen) atoms. The Labute approximate surface area is 144 Å². The van der Waals surface area contributed by atoms with Crippen molar-refractivity contribution in [3.8, 4) is 5.75 Å². The quantitative estimate of drug-likeness (QED) is 0.888. The van der Waals surface area contributed by atoms with Gasteiger partial charge in [-0.1, -0.05) is 31.5 Å². The van der Waals surface area contributed by atoms with Crippen LogP contribution in [0.4, 0.5) is 0 Å². The first-order chi connectivity index (χ1) is 11.5. The number of carbonyl (C=O) groups is 1. The van der Waals surface area contributed by atoms with Crippen LogP contribution in [-0.2, 0) is 4.79 Å². The van der Waals surface area contributed by atoms with E-state index >= 15 is 0 Å². The van der Waals surface area contributed by atoms with Crippen molar-refractivity contribution in [3.63, 3.8) is 0 Å². The van der Waals surface area contributed by atoms with Crippen LogP contribution >= 0.6 is 0 Å². The van der Waals surface area contributed by atoms with Gasteiger partial charge in [0.15, 0.2) is 0 Å². The van der Waals surface area contributed by atoms with Gasteiger partial charge >= 0.3 is 0 Å². The number of fused-ring (bicyclic) bond motifs is 1. The van der Waals surface area contributed by atoms with Gasteiger partial charge in [0.2, 0.25) is 5.91 Å². The van der Waals surface area contributed by atoms with Crippen molar-refractivity contribution in [2.24, 2.45) is 5.73 Å². The Morgan fingerprint density at radius 3 is 2.83 bits per heavy atom. The maximum Gasteiger partial charge on any atom is 0.237 e. The lowest BCUT2D eigenvalue weighted by Gasteiger charge is -2.46.